The molecule has 0 saturated carbocycles. The van der Waals surface area contributed by atoms with Crippen molar-refractivity contribution in [3.05, 3.63) is 38.8 Å². The highest BCUT2D eigenvalue weighted by atomic mass is 32.2. The third-order valence-corrected chi connectivity index (χ3v) is 6.41. The predicted octanol–water partition coefficient (Wildman–Crippen LogP) is 0.186. The Morgan fingerprint density at radius 2 is 2.25 bits per heavy atom. The number of nitrogens with one attached hydrogen (secondary N) is 2. The summed E-state index contributed by atoms with van der Waals surface area (Å²) in [6, 6.07) is 2.53. The first-order chi connectivity index (χ1) is 11.4. The lowest BCUT2D eigenvalue weighted by Crippen LogP contribution is -2.36. The lowest BCUT2D eigenvalue weighted by molar-refractivity contribution is 0.102. The zero-order chi connectivity index (χ0) is 17.3. The summed E-state index contributed by atoms with van der Waals surface area (Å²) in [5, 5.41) is 8.84. The first-order valence-corrected chi connectivity index (χ1v) is 9.65. The van der Waals surface area contributed by atoms with Gasteiger partial charge in [-0.05, 0) is 13.0 Å². The number of thiazole rings is 1. The topological polar surface area (TPSA) is 125 Å². The Labute approximate surface area is 141 Å². The molecule has 0 spiro atoms. The molecule has 2 N–H and O–H groups in total. The van der Waals surface area contributed by atoms with Gasteiger partial charge in [-0.25, -0.2) is 18.5 Å². The van der Waals surface area contributed by atoms with Crippen molar-refractivity contribution in [2.24, 2.45) is 0 Å². The monoisotopic (exact) mass is 369 g/mol. The van der Waals surface area contributed by atoms with Crippen LogP contribution in [0.2, 0.25) is 0 Å². The van der Waals surface area contributed by atoms with E-state index in [9.17, 15) is 18.0 Å². The van der Waals surface area contributed by atoms with E-state index < -0.39 is 21.5 Å². The lowest BCUT2D eigenvalue weighted by Gasteiger charge is -2.24. The molecular formula is C13H15N5O4S2. The van der Waals surface area contributed by atoms with Crippen molar-refractivity contribution in [2.45, 2.75) is 19.9 Å². The summed E-state index contributed by atoms with van der Waals surface area (Å²) in [5.74, 6) is -0.432. The summed E-state index contributed by atoms with van der Waals surface area (Å²) in [4.78, 5) is 28.2. The standard InChI is InChI=1S/C13H15N5O4S2/c1-2-24(21,22)18-6-5-8-10(7-18)23-13(14-8)15-12(20)9-3-4-11(19)17-16-9/h3-4H,2,5-7H2,1H3,(H,17,19)(H,14,15,20). The molecule has 0 bridgehead atoms. The number of fused-ring (bicyclic) bond motifs is 1. The van der Waals surface area contributed by atoms with E-state index >= 15 is 0 Å². The van der Waals surface area contributed by atoms with Gasteiger partial charge in [-0.15, -0.1) is 11.3 Å². The molecule has 3 heterocycles. The fraction of sp³-hybridized carbons (Fsp3) is 0.385. The van der Waals surface area contributed by atoms with Crippen molar-refractivity contribution in [1.29, 1.82) is 0 Å². The van der Waals surface area contributed by atoms with Gasteiger partial charge in [-0.2, -0.15) is 9.40 Å². The molecule has 128 valence electrons. The molecule has 0 aromatic carbocycles. The van der Waals surface area contributed by atoms with E-state index in [-0.39, 0.29) is 18.0 Å². The fourth-order valence-corrected chi connectivity index (χ4v) is 4.44. The van der Waals surface area contributed by atoms with Crippen LogP contribution in [0.25, 0.3) is 0 Å². The average Bonchev–Trinajstić information content (AvgIpc) is 2.96. The first-order valence-electron chi connectivity index (χ1n) is 7.22. The van der Waals surface area contributed by atoms with Gasteiger partial charge in [0.1, 0.15) is 5.69 Å². The molecule has 2 aromatic heterocycles. The van der Waals surface area contributed by atoms with Crippen molar-refractivity contribution >= 4 is 32.4 Å². The number of anilines is 1. The number of aromatic nitrogens is 3. The Morgan fingerprint density at radius 3 is 2.92 bits per heavy atom. The van der Waals surface area contributed by atoms with Gasteiger partial charge in [-0.1, -0.05) is 0 Å². The van der Waals surface area contributed by atoms with E-state index in [1.165, 1.54) is 27.8 Å². The van der Waals surface area contributed by atoms with Gasteiger partial charge >= 0.3 is 0 Å². The van der Waals surface area contributed by atoms with E-state index in [2.05, 4.69) is 20.5 Å². The molecule has 0 aliphatic carbocycles. The minimum absolute atomic E-state index is 0.0581. The minimum Gasteiger partial charge on any atom is -0.296 e. The second kappa shape index (κ2) is 6.42. The van der Waals surface area contributed by atoms with Crippen LogP contribution in [0.3, 0.4) is 0 Å². The van der Waals surface area contributed by atoms with E-state index in [0.29, 0.717) is 18.1 Å². The second-order valence-corrected chi connectivity index (χ2v) is 8.47. The molecule has 0 fully saturated rings. The molecule has 0 atom stereocenters. The quantitative estimate of drug-likeness (QED) is 0.792. The van der Waals surface area contributed by atoms with Crippen molar-refractivity contribution < 1.29 is 13.2 Å². The number of sulfonamides is 1. The van der Waals surface area contributed by atoms with E-state index in [1.54, 1.807) is 6.92 Å². The van der Waals surface area contributed by atoms with Gasteiger partial charge < -0.3 is 0 Å². The minimum atomic E-state index is -3.24. The fourth-order valence-electron chi connectivity index (χ4n) is 2.28. The molecule has 1 aliphatic heterocycles. The lowest BCUT2D eigenvalue weighted by atomic mass is 10.2. The molecule has 0 saturated heterocycles. The van der Waals surface area contributed by atoms with Gasteiger partial charge in [-0.3, -0.25) is 14.9 Å². The largest absolute Gasteiger partial charge is 0.296 e. The third kappa shape index (κ3) is 3.37. The molecule has 3 rings (SSSR count). The Morgan fingerprint density at radius 1 is 1.46 bits per heavy atom. The zero-order valence-electron chi connectivity index (χ0n) is 12.8. The predicted molar refractivity (Wildman–Crippen MR) is 88.5 cm³/mol. The summed E-state index contributed by atoms with van der Waals surface area (Å²) >= 11 is 1.24. The number of H-pyrrole nitrogens is 1. The van der Waals surface area contributed by atoms with Crippen LogP contribution in [0.5, 0.6) is 0 Å². The van der Waals surface area contributed by atoms with Crippen molar-refractivity contribution in [3.8, 4) is 0 Å². The van der Waals surface area contributed by atoms with Gasteiger partial charge in [0.25, 0.3) is 11.5 Å². The Kier molecular flexibility index (Phi) is 4.47. The molecule has 1 amide bonds. The molecule has 2 aromatic rings. The maximum atomic E-state index is 12.1. The smallest absolute Gasteiger partial charge is 0.277 e. The van der Waals surface area contributed by atoms with Crippen molar-refractivity contribution in [3.63, 3.8) is 0 Å². The Bertz CT molecular complexity index is 914. The summed E-state index contributed by atoms with van der Waals surface area (Å²) < 4.78 is 25.4. The number of hydrogen-bond donors (Lipinski definition) is 2. The molecule has 11 heteroatoms. The normalized spacial score (nSPS) is 15.0. The number of amides is 1. The molecule has 9 nitrogen and oxygen atoms in total. The van der Waals surface area contributed by atoms with E-state index in [1.807, 2.05) is 0 Å². The first kappa shape index (κ1) is 16.7. The van der Waals surface area contributed by atoms with Crippen molar-refractivity contribution in [1.82, 2.24) is 19.5 Å². The molecule has 0 radical (unpaired) electrons. The summed E-state index contributed by atoms with van der Waals surface area (Å²) in [5.41, 5.74) is 0.471. The van der Waals surface area contributed by atoms with Crippen LogP contribution in [0.1, 0.15) is 28.0 Å². The number of carbonyl (C=O) groups is 1. The molecule has 0 unspecified atom stereocenters. The van der Waals surface area contributed by atoms with E-state index in [0.717, 1.165) is 10.6 Å². The van der Waals surface area contributed by atoms with Crippen LogP contribution in [-0.4, -0.2) is 46.1 Å². The number of rotatable bonds is 4. The number of nitrogens with zero attached hydrogens (tertiary/aromatic N) is 3. The second-order valence-electron chi connectivity index (χ2n) is 5.13. The molecule has 1 aliphatic rings. The zero-order valence-corrected chi connectivity index (χ0v) is 14.4. The van der Waals surface area contributed by atoms with Crippen LogP contribution in [0.4, 0.5) is 5.13 Å². The highest BCUT2D eigenvalue weighted by molar-refractivity contribution is 7.89. The Hall–Kier alpha value is -2.11. The van der Waals surface area contributed by atoms with Gasteiger partial charge in [0.2, 0.25) is 10.0 Å². The summed E-state index contributed by atoms with van der Waals surface area (Å²) in [7, 11) is -3.24. The van der Waals surface area contributed by atoms with Crippen LogP contribution in [0.15, 0.2) is 16.9 Å². The van der Waals surface area contributed by atoms with Crippen molar-refractivity contribution in [2.75, 3.05) is 17.6 Å². The van der Waals surface area contributed by atoms with Crippen LogP contribution < -0.4 is 10.9 Å². The maximum absolute atomic E-state index is 12.1. The van der Waals surface area contributed by atoms with Crippen LogP contribution in [0, 0.1) is 0 Å². The van der Waals surface area contributed by atoms with Crippen LogP contribution in [-0.2, 0) is 23.0 Å². The van der Waals surface area contributed by atoms with Gasteiger partial charge in [0, 0.05) is 30.5 Å². The number of carbonyl (C=O) groups excluding carboxylic acids is 1. The SMILES string of the molecule is CCS(=O)(=O)N1CCc2nc(NC(=O)c3ccc(=O)[nH]n3)sc2C1. The van der Waals surface area contributed by atoms with E-state index in [4.69, 9.17) is 0 Å². The van der Waals surface area contributed by atoms with Gasteiger partial charge in [0.15, 0.2) is 5.13 Å². The summed E-state index contributed by atoms with van der Waals surface area (Å²) in [6.07, 6.45) is 0.512. The highest BCUT2D eigenvalue weighted by Crippen LogP contribution is 2.29. The van der Waals surface area contributed by atoms with Gasteiger partial charge in [0.05, 0.1) is 11.4 Å². The third-order valence-electron chi connectivity index (χ3n) is 3.59. The highest BCUT2D eigenvalue weighted by Gasteiger charge is 2.28. The molecule has 24 heavy (non-hydrogen) atoms. The average molecular weight is 369 g/mol. The van der Waals surface area contributed by atoms with Crippen LogP contribution >= 0.6 is 11.3 Å². The summed E-state index contributed by atoms with van der Waals surface area (Å²) in [6.45, 7) is 2.28. The number of hydrogen-bond acceptors (Lipinski definition) is 7. The number of aromatic amines is 1. The Balaban J connectivity index is 1.75. The maximum Gasteiger partial charge on any atom is 0.277 e. The molecular weight excluding hydrogens is 354 g/mol.